The lowest BCUT2D eigenvalue weighted by Crippen LogP contribution is -2.34. The Morgan fingerprint density at radius 2 is 2.04 bits per heavy atom. The molecule has 0 saturated heterocycles. The highest BCUT2D eigenvalue weighted by Gasteiger charge is 2.20. The fraction of sp³-hybridized carbons (Fsp3) is 0.353. The van der Waals surface area contributed by atoms with E-state index >= 15 is 0 Å². The normalized spacial score (nSPS) is 11.4. The summed E-state index contributed by atoms with van der Waals surface area (Å²) in [6, 6.07) is 3.76. The second-order valence-corrected chi connectivity index (χ2v) is 7.63. The van der Waals surface area contributed by atoms with Crippen LogP contribution in [0.4, 0.5) is 0 Å². The van der Waals surface area contributed by atoms with E-state index in [-0.39, 0.29) is 5.91 Å². The number of halogens is 1. The zero-order valence-electron chi connectivity index (χ0n) is 14.7. The average Bonchev–Trinajstić information content (AvgIpc) is 3.16. The molecule has 25 heavy (non-hydrogen) atoms. The topological polar surface area (TPSA) is 54.3 Å². The molecular weight excluding hydrogens is 358 g/mol. The summed E-state index contributed by atoms with van der Waals surface area (Å²) in [5, 5.41) is 0.683. The standard InChI is InChI=1S/C17H20ClN5OS/c1-21(2)7-8-22(3)17(24)16-20-10-13(23(16)4)14-9-12-15(25-14)11(18)5-6-19-12/h5-6,9-10H,7-8H2,1-4H3. The van der Waals surface area contributed by atoms with Crippen LogP contribution in [0.2, 0.25) is 5.02 Å². The quantitative estimate of drug-likeness (QED) is 0.686. The van der Waals surface area contributed by atoms with Crippen molar-refractivity contribution in [3.63, 3.8) is 0 Å². The molecule has 0 bridgehead atoms. The maximum Gasteiger partial charge on any atom is 0.289 e. The summed E-state index contributed by atoms with van der Waals surface area (Å²) in [5.74, 6) is 0.334. The molecule has 0 saturated carbocycles. The summed E-state index contributed by atoms with van der Waals surface area (Å²) in [6.45, 7) is 1.45. The van der Waals surface area contributed by atoms with Crippen molar-refractivity contribution in [2.45, 2.75) is 0 Å². The van der Waals surface area contributed by atoms with Crippen LogP contribution in [0.5, 0.6) is 0 Å². The Hall–Kier alpha value is -1.96. The first kappa shape index (κ1) is 17.8. The van der Waals surface area contributed by atoms with Gasteiger partial charge in [-0.05, 0) is 26.2 Å². The summed E-state index contributed by atoms with van der Waals surface area (Å²) in [6.07, 6.45) is 3.42. The Morgan fingerprint density at radius 3 is 2.72 bits per heavy atom. The molecule has 0 unspecified atom stereocenters. The molecule has 3 aromatic rings. The number of amides is 1. The third-order valence-electron chi connectivity index (χ3n) is 4.03. The molecule has 0 radical (unpaired) electrons. The number of imidazole rings is 1. The zero-order chi connectivity index (χ0) is 18.1. The van der Waals surface area contributed by atoms with E-state index in [1.165, 1.54) is 0 Å². The monoisotopic (exact) mass is 377 g/mol. The first-order chi connectivity index (χ1) is 11.9. The first-order valence-electron chi connectivity index (χ1n) is 7.85. The Bertz CT molecular complexity index is 917. The third kappa shape index (κ3) is 3.53. The molecule has 0 aliphatic rings. The van der Waals surface area contributed by atoms with Crippen LogP contribution in [0.1, 0.15) is 10.6 Å². The highest BCUT2D eigenvalue weighted by atomic mass is 35.5. The smallest absolute Gasteiger partial charge is 0.289 e. The van der Waals surface area contributed by atoms with Gasteiger partial charge < -0.3 is 14.4 Å². The fourth-order valence-electron chi connectivity index (χ4n) is 2.49. The Kier molecular flexibility index (Phi) is 5.08. The van der Waals surface area contributed by atoms with E-state index in [1.54, 1.807) is 41.7 Å². The van der Waals surface area contributed by atoms with Crippen molar-refractivity contribution in [1.82, 2.24) is 24.3 Å². The van der Waals surface area contributed by atoms with Crippen molar-refractivity contribution in [3.8, 4) is 10.6 Å². The fourth-order valence-corrected chi connectivity index (χ4v) is 3.83. The van der Waals surface area contributed by atoms with Crippen molar-refractivity contribution in [2.24, 2.45) is 7.05 Å². The molecule has 3 aromatic heterocycles. The summed E-state index contributed by atoms with van der Waals surface area (Å²) in [4.78, 5) is 26.1. The number of carbonyl (C=O) groups excluding carboxylic acids is 1. The van der Waals surface area contributed by atoms with Gasteiger partial charge in [-0.15, -0.1) is 11.3 Å². The molecule has 0 atom stereocenters. The largest absolute Gasteiger partial charge is 0.338 e. The van der Waals surface area contributed by atoms with Crippen molar-refractivity contribution in [3.05, 3.63) is 35.4 Å². The lowest BCUT2D eigenvalue weighted by molar-refractivity contribution is 0.0771. The summed E-state index contributed by atoms with van der Waals surface area (Å²) >= 11 is 7.79. The molecule has 0 aromatic carbocycles. The Morgan fingerprint density at radius 1 is 1.28 bits per heavy atom. The predicted octanol–water partition coefficient (Wildman–Crippen LogP) is 2.98. The van der Waals surface area contributed by atoms with Crippen LogP contribution in [0.3, 0.4) is 0 Å². The van der Waals surface area contributed by atoms with Crippen LogP contribution in [0.25, 0.3) is 20.8 Å². The van der Waals surface area contributed by atoms with Crippen LogP contribution in [-0.4, -0.2) is 64.5 Å². The van der Waals surface area contributed by atoms with Gasteiger partial charge >= 0.3 is 0 Å². The minimum absolute atomic E-state index is 0.0899. The van der Waals surface area contributed by atoms with Crippen molar-refractivity contribution in [2.75, 3.05) is 34.2 Å². The van der Waals surface area contributed by atoms with E-state index in [2.05, 4.69) is 9.97 Å². The van der Waals surface area contributed by atoms with Crippen LogP contribution in [0, 0.1) is 0 Å². The van der Waals surface area contributed by atoms with Gasteiger partial charge in [0.05, 0.1) is 32.0 Å². The van der Waals surface area contributed by atoms with Crippen LogP contribution in [-0.2, 0) is 7.05 Å². The number of likely N-dealkylation sites (N-methyl/N-ethyl adjacent to an activating group) is 2. The maximum absolute atomic E-state index is 12.6. The number of thiophene rings is 1. The number of carbonyl (C=O) groups is 1. The number of hydrogen-bond donors (Lipinski definition) is 0. The molecular formula is C17H20ClN5OS. The van der Waals surface area contributed by atoms with Crippen LogP contribution < -0.4 is 0 Å². The number of nitrogens with zero attached hydrogens (tertiary/aromatic N) is 5. The van der Waals surface area contributed by atoms with E-state index < -0.39 is 0 Å². The molecule has 0 fully saturated rings. The highest BCUT2D eigenvalue weighted by Crippen LogP contribution is 2.36. The number of pyridine rings is 1. The van der Waals surface area contributed by atoms with E-state index in [4.69, 9.17) is 11.6 Å². The second-order valence-electron chi connectivity index (χ2n) is 6.17. The van der Waals surface area contributed by atoms with E-state index in [9.17, 15) is 4.79 Å². The maximum atomic E-state index is 12.6. The summed E-state index contributed by atoms with van der Waals surface area (Å²) < 4.78 is 2.77. The number of aromatic nitrogens is 3. The van der Waals surface area contributed by atoms with Crippen molar-refractivity contribution >= 4 is 39.1 Å². The van der Waals surface area contributed by atoms with Gasteiger partial charge in [-0.1, -0.05) is 11.6 Å². The third-order valence-corrected chi connectivity index (χ3v) is 5.63. The Balaban J connectivity index is 1.90. The molecule has 0 aliphatic heterocycles. The van der Waals surface area contributed by atoms with Gasteiger partial charge in [0.15, 0.2) is 5.82 Å². The van der Waals surface area contributed by atoms with E-state index in [0.717, 1.165) is 27.3 Å². The SMILES string of the molecule is CN(C)CCN(C)C(=O)c1ncc(-c2cc3nccc(Cl)c3s2)n1C. The molecule has 0 aliphatic carbocycles. The van der Waals surface area contributed by atoms with Gasteiger partial charge in [0.2, 0.25) is 0 Å². The van der Waals surface area contributed by atoms with Gasteiger partial charge in [-0.2, -0.15) is 0 Å². The molecule has 0 N–H and O–H groups in total. The zero-order valence-corrected chi connectivity index (χ0v) is 16.2. The molecule has 132 valence electrons. The molecule has 3 heterocycles. The lowest BCUT2D eigenvalue weighted by Gasteiger charge is -2.19. The second kappa shape index (κ2) is 7.11. The predicted molar refractivity (Wildman–Crippen MR) is 102 cm³/mol. The number of fused-ring (bicyclic) bond motifs is 1. The molecule has 3 rings (SSSR count). The molecule has 1 amide bonds. The van der Waals surface area contributed by atoms with E-state index in [0.29, 0.717) is 17.4 Å². The van der Waals surface area contributed by atoms with Gasteiger partial charge in [0.25, 0.3) is 5.91 Å². The first-order valence-corrected chi connectivity index (χ1v) is 9.04. The van der Waals surface area contributed by atoms with E-state index in [1.807, 2.05) is 36.7 Å². The molecule has 0 spiro atoms. The van der Waals surface area contributed by atoms with Gasteiger partial charge in [-0.3, -0.25) is 9.78 Å². The lowest BCUT2D eigenvalue weighted by atomic mass is 10.3. The minimum atomic E-state index is -0.0899. The summed E-state index contributed by atoms with van der Waals surface area (Å²) in [5.41, 5.74) is 1.73. The molecule has 6 nitrogen and oxygen atoms in total. The molecule has 8 heteroatoms. The average molecular weight is 378 g/mol. The number of rotatable bonds is 5. The van der Waals surface area contributed by atoms with Crippen molar-refractivity contribution in [1.29, 1.82) is 0 Å². The van der Waals surface area contributed by atoms with Gasteiger partial charge in [0, 0.05) is 33.4 Å². The Labute approximate surface area is 155 Å². The van der Waals surface area contributed by atoms with Crippen LogP contribution >= 0.6 is 22.9 Å². The van der Waals surface area contributed by atoms with Crippen LogP contribution in [0.15, 0.2) is 24.5 Å². The highest BCUT2D eigenvalue weighted by molar-refractivity contribution is 7.22. The van der Waals surface area contributed by atoms with Crippen molar-refractivity contribution < 1.29 is 4.79 Å². The number of hydrogen-bond acceptors (Lipinski definition) is 5. The summed E-state index contributed by atoms with van der Waals surface area (Å²) in [7, 11) is 7.62. The minimum Gasteiger partial charge on any atom is -0.338 e. The van der Waals surface area contributed by atoms with Gasteiger partial charge in [-0.25, -0.2) is 4.98 Å². The van der Waals surface area contributed by atoms with Gasteiger partial charge in [0.1, 0.15) is 0 Å².